The van der Waals surface area contributed by atoms with Crippen LogP contribution in [0.4, 0.5) is 0 Å². The standard InChI is InChI=1S/C14H19NO2/c1-10-3-4-11(2)12(7-10)8-13(17)15-14(9-16)5-6-14/h3-4,7,16H,5-6,8-9H2,1-2H3,(H,15,17). The fourth-order valence-corrected chi connectivity index (χ4v) is 1.98. The van der Waals surface area contributed by atoms with Gasteiger partial charge in [0.15, 0.2) is 0 Å². The molecule has 0 bridgehead atoms. The minimum atomic E-state index is -0.311. The highest BCUT2D eigenvalue weighted by atomic mass is 16.3. The second-order valence-corrected chi connectivity index (χ2v) is 5.09. The topological polar surface area (TPSA) is 49.3 Å². The largest absolute Gasteiger partial charge is 0.394 e. The van der Waals surface area contributed by atoms with Crippen LogP contribution in [0.1, 0.15) is 29.5 Å². The summed E-state index contributed by atoms with van der Waals surface area (Å²) in [6.07, 6.45) is 2.18. The van der Waals surface area contributed by atoms with Crippen molar-refractivity contribution in [3.05, 3.63) is 34.9 Å². The molecule has 0 aliphatic heterocycles. The van der Waals surface area contributed by atoms with Gasteiger partial charge in [0.2, 0.25) is 5.91 Å². The average molecular weight is 233 g/mol. The van der Waals surface area contributed by atoms with Gasteiger partial charge < -0.3 is 10.4 Å². The quantitative estimate of drug-likeness (QED) is 0.827. The van der Waals surface area contributed by atoms with E-state index < -0.39 is 0 Å². The van der Waals surface area contributed by atoms with Crippen LogP contribution in [0.5, 0.6) is 0 Å². The first-order chi connectivity index (χ1) is 8.04. The molecule has 1 saturated carbocycles. The van der Waals surface area contributed by atoms with E-state index >= 15 is 0 Å². The lowest BCUT2D eigenvalue weighted by molar-refractivity contribution is -0.121. The number of aryl methyl sites for hydroxylation is 2. The van der Waals surface area contributed by atoms with Crippen LogP contribution in [0.15, 0.2) is 18.2 Å². The number of hydrogen-bond acceptors (Lipinski definition) is 2. The first-order valence-electron chi connectivity index (χ1n) is 6.03. The molecule has 1 amide bonds. The van der Waals surface area contributed by atoms with E-state index in [9.17, 15) is 4.79 Å². The van der Waals surface area contributed by atoms with Gasteiger partial charge >= 0.3 is 0 Å². The van der Waals surface area contributed by atoms with Crippen molar-refractivity contribution in [2.24, 2.45) is 0 Å². The number of nitrogens with one attached hydrogen (secondary N) is 1. The van der Waals surface area contributed by atoms with Crippen LogP contribution in [0, 0.1) is 13.8 Å². The maximum absolute atomic E-state index is 11.9. The first-order valence-corrected chi connectivity index (χ1v) is 6.03. The van der Waals surface area contributed by atoms with Crippen molar-refractivity contribution in [2.45, 2.75) is 38.6 Å². The van der Waals surface area contributed by atoms with Crippen molar-refractivity contribution in [1.29, 1.82) is 0 Å². The molecule has 3 nitrogen and oxygen atoms in total. The number of hydrogen-bond donors (Lipinski definition) is 2. The smallest absolute Gasteiger partial charge is 0.224 e. The van der Waals surface area contributed by atoms with Crippen LogP contribution in [-0.2, 0) is 11.2 Å². The summed E-state index contributed by atoms with van der Waals surface area (Å²) < 4.78 is 0. The molecule has 2 rings (SSSR count). The van der Waals surface area contributed by atoms with Crippen molar-refractivity contribution in [2.75, 3.05) is 6.61 Å². The van der Waals surface area contributed by atoms with Crippen LogP contribution in [0.25, 0.3) is 0 Å². The number of amides is 1. The van der Waals surface area contributed by atoms with Gasteiger partial charge in [-0.05, 0) is 37.8 Å². The molecule has 0 heterocycles. The number of carbonyl (C=O) groups is 1. The van der Waals surface area contributed by atoms with Crippen molar-refractivity contribution in [3.63, 3.8) is 0 Å². The Kier molecular flexibility index (Phi) is 3.20. The molecule has 17 heavy (non-hydrogen) atoms. The summed E-state index contributed by atoms with van der Waals surface area (Å²) in [5.74, 6) is 0.00486. The number of aliphatic hydroxyl groups is 1. The Hall–Kier alpha value is -1.35. The molecule has 0 aromatic heterocycles. The van der Waals surface area contributed by atoms with E-state index in [1.54, 1.807) is 0 Å². The lowest BCUT2D eigenvalue weighted by Crippen LogP contribution is -2.40. The van der Waals surface area contributed by atoms with Crippen molar-refractivity contribution in [3.8, 4) is 0 Å². The Labute approximate surface area is 102 Å². The van der Waals surface area contributed by atoms with E-state index in [2.05, 4.69) is 5.32 Å². The van der Waals surface area contributed by atoms with Gasteiger partial charge in [-0.25, -0.2) is 0 Å². The van der Waals surface area contributed by atoms with E-state index in [1.807, 2.05) is 32.0 Å². The fraction of sp³-hybridized carbons (Fsp3) is 0.500. The Morgan fingerprint density at radius 2 is 2.12 bits per heavy atom. The van der Waals surface area contributed by atoms with Gasteiger partial charge in [0.25, 0.3) is 0 Å². The zero-order valence-corrected chi connectivity index (χ0v) is 10.4. The molecule has 0 unspecified atom stereocenters. The van der Waals surface area contributed by atoms with E-state index in [0.29, 0.717) is 6.42 Å². The molecule has 1 aromatic carbocycles. The maximum Gasteiger partial charge on any atom is 0.224 e. The number of carbonyl (C=O) groups excluding carboxylic acids is 1. The third kappa shape index (κ3) is 2.86. The van der Waals surface area contributed by atoms with Crippen molar-refractivity contribution < 1.29 is 9.90 Å². The molecule has 92 valence electrons. The van der Waals surface area contributed by atoms with E-state index in [-0.39, 0.29) is 18.1 Å². The van der Waals surface area contributed by atoms with Gasteiger partial charge in [0.05, 0.1) is 18.6 Å². The molecule has 0 saturated heterocycles. The van der Waals surface area contributed by atoms with Crippen LogP contribution in [0.2, 0.25) is 0 Å². The monoisotopic (exact) mass is 233 g/mol. The van der Waals surface area contributed by atoms with E-state index in [4.69, 9.17) is 5.11 Å². The lowest BCUT2D eigenvalue weighted by atomic mass is 10.0. The Morgan fingerprint density at radius 3 is 2.71 bits per heavy atom. The third-order valence-electron chi connectivity index (χ3n) is 3.42. The van der Waals surface area contributed by atoms with Crippen LogP contribution >= 0.6 is 0 Å². The summed E-state index contributed by atoms with van der Waals surface area (Å²) in [6.45, 7) is 4.09. The van der Waals surface area contributed by atoms with Crippen LogP contribution in [0.3, 0.4) is 0 Å². The molecule has 1 fully saturated rings. The minimum absolute atomic E-state index is 0.00486. The van der Waals surface area contributed by atoms with Gasteiger partial charge in [0, 0.05) is 0 Å². The summed E-state index contributed by atoms with van der Waals surface area (Å²) in [5, 5.41) is 12.1. The van der Waals surface area contributed by atoms with E-state index in [0.717, 1.165) is 24.0 Å². The number of aliphatic hydroxyl groups excluding tert-OH is 1. The predicted octanol–water partition coefficient (Wildman–Crippen LogP) is 1.49. The summed E-state index contributed by atoms with van der Waals surface area (Å²) in [5.41, 5.74) is 3.06. The van der Waals surface area contributed by atoms with Gasteiger partial charge in [-0.1, -0.05) is 23.8 Å². The molecule has 0 atom stereocenters. The maximum atomic E-state index is 11.9. The molecular formula is C14H19NO2. The van der Waals surface area contributed by atoms with Gasteiger partial charge in [-0.15, -0.1) is 0 Å². The molecule has 0 radical (unpaired) electrons. The first kappa shape index (κ1) is 12.1. The molecule has 1 aliphatic rings. The average Bonchev–Trinajstić information content (AvgIpc) is 3.04. The highest BCUT2D eigenvalue weighted by Gasteiger charge is 2.43. The van der Waals surface area contributed by atoms with Gasteiger partial charge in [0.1, 0.15) is 0 Å². The second kappa shape index (κ2) is 4.49. The molecule has 1 aromatic rings. The summed E-state index contributed by atoms with van der Waals surface area (Å²) in [7, 11) is 0. The highest BCUT2D eigenvalue weighted by molar-refractivity contribution is 5.80. The zero-order valence-electron chi connectivity index (χ0n) is 10.4. The lowest BCUT2D eigenvalue weighted by Gasteiger charge is -2.15. The minimum Gasteiger partial charge on any atom is -0.394 e. The van der Waals surface area contributed by atoms with Gasteiger partial charge in [-0.3, -0.25) is 4.79 Å². The second-order valence-electron chi connectivity index (χ2n) is 5.09. The fourth-order valence-electron chi connectivity index (χ4n) is 1.98. The van der Waals surface area contributed by atoms with Crippen molar-refractivity contribution in [1.82, 2.24) is 5.32 Å². The Bertz CT molecular complexity index is 436. The van der Waals surface area contributed by atoms with Crippen LogP contribution in [-0.4, -0.2) is 23.2 Å². The molecule has 0 spiro atoms. The van der Waals surface area contributed by atoms with Gasteiger partial charge in [-0.2, -0.15) is 0 Å². The summed E-state index contributed by atoms with van der Waals surface area (Å²) >= 11 is 0. The zero-order chi connectivity index (χ0) is 12.5. The SMILES string of the molecule is Cc1ccc(C)c(CC(=O)NC2(CO)CC2)c1. The predicted molar refractivity (Wildman–Crippen MR) is 66.8 cm³/mol. The molecule has 2 N–H and O–H groups in total. The third-order valence-corrected chi connectivity index (χ3v) is 3.42. The van der Waals surface area contributed by atoms with Crippen LogP contribution < -0.4 is 5.32 Å². The highest BCUT2D eigenvalue weighted by Crippen LogP contribution is 2.34. The molecular weight excluding hydrogens is 214 g/mol. The molecule has 1 aliphatic carbocycles. The van der Waals surface area contributed by atoms with Crippen molar-refractivity contribution >= 4 is 5.91 Å². The normalized spacial score (nSPS) is 16.6. The summed E-state index contributed by atoms with van der Waals surface area (Å²) in [6, 6.07) is 6.14. The van der Waals surface area contributed by atoms with E-state index in [1.165, 1.54) is 5.56 Å². The Morgan fingerprint density at radius 1 is 1.41 bits per heavy atom. The Balaban J connectivity index is 2.00. The number of rotatable bonds is 4. The summed E-state index contributed by atoms with van der Waals surface area (Å²) in [4.78, 5) is 11.9. The molecule has 3 heteroatoms. The number of benzene rings is 1.